The summed E-state index contributed by atoms with van der Waals surface area (Å²) in [7, 11) is 0. The van der Waals surface area contributed by atoms with Gasteiger partial charge in [-0.15, -0.1) is 0 Å². The summed E-state index contributed by atoms with van der Waals surface area (Å²) in [6.45, 7) is 5.08. The number of nitrogens with one attached hydrogen (secondary N) is 1. The van der Waals surface area contributed by atoms with Gasteiger partial charge >= 0.3 is 0 Å². The number of halogens is 1. The van der Waals surface area contributed by atoms with Crippen LogP contribution in [0.15, 0.2) is 6.20 Å². The Labute approximate surface area is 125 Å². The zero-order chi connectivity index (χ0) is 14.4. The third-order valence-corrected chi connectivity index (χ3v) is 3.88. The average Bonchev–Trinajstić information content (AvgIpc) is 2.47. The van der Waals surface area contributed by atoms with E-state index in [0.717, 1.165) is 44.7 Å². The fourth-order valence-electron chi connectivity index (χ4n) is 2.58. The molecule has 2 N–H and O–H groups in total. The van der Waals surface area contributed by atoms with Crippen LogP contribution in [0.4, 0.5) is 11.8 Å². The molecule has 112 valence electrons. The van der Waals surface area contributed by atoms with Gasteiger partial charge < -0.3 is 15.3 Å². The van der Waals surface area contributed by atoms with E-state index in [4.69, 9.17) is 16.7 Å². The lowest BCUT2D eigenvalue weighted by Gasteiger charge is -2.33. The largest absolute Gasteiger partial charge is 0.396 e. The van der Waals surface area contributed by atoms with Crippen LogP contribution in [0.25, 0.3) is 0 Å². The van der Waals surface area contributed by atoms with Crippen LogP contribution in [0, 0.1) is 5.92 Å². The zero-order valence-corrected chi connectivity index (χ0v) is 12.7. The van der Waals surface area contributed by atoms with Crippen molar-refractivity contribution in [3.05, 3.63) is 11.2 Å². The minimum Gasteiger partial charge on any atom is -0.396 e. The molecule has 1 aliphatic rings. The van der Waals surface area contributed by atoms with Crippen molar-refractivity contribution in [3.63, 3.8) is 0 Å². The molecule has 0 aliphatic carbocycles. The van der Waals surface area contributed by atoms with Gasteiger partial charge in [0, 0.05) is 26.2 Å². The summed E-state index contributed by atoms with van der Waals surface area (Å²) in [6, 6.07) is 0. The number of piperidine rings is 1. The number of hydrogen-bond acceptors (Lipinski definition) is 5. The Balaban J connectivity index is 2.09. The van der Waals surface area contributed by atoms with Crippen molar-refractivity contribution in [1.82, 2.24) is 9.97 Å². The maximum absolute atomic E-state index is 9.09. The fraction of sp³-hybridized carbons (Fsp3) is 0.714. The zero-order valence-electron chi connectivity index (χ0n) is 12.0. The molecule has 1 aromatic rings. The van der Waals surface area contributed by atoms with Crippen LogP contribution in [-0.2, 0) is 0 Å². The first-order valence-corrected chi connectivity index (χ1v) is 7.74. The van der Waals surface area contributed by atoms with E-state index < -0.39 is 0 Å². The van der Waals surface area contributed by atoms with Gasteiger partial charge in [0.2, 0.25) is 5.95 Å². The minimum atomic E-state index is 0.249. The molecule has 1 fully saturated rings. The van der Waals surface area contributed by atoms with Crippen LogP contribution in [0.5, 0.6) is 0 Å². The molecular weight excluding hydrogens is 276 g/mol. The molecule has 1 saturated heterocycles. The Morgan fingerprint density at radius 3 is 3.15 bits per heavy atom. The Morgan fingerprint density at radius 1 is 1.55 bits per heavy atom. The molecule has 0 saturated carbocycles. The highest BCUT2D eigenvalue weighted by atomic mass is 35.5. The standard InChI is InChI=1S/C14H23ClN4O/c1-2-6-16-14-17-9-12(15)13(18-14)19-7-3-4-11(10-19)5-8-20/h9,11,20H,2-8,10H2,1H3,(H,16,17,18). The quantitative estimate of drug-likeness (QED) is 0.845. The van der Waals surface area contributed by atoms with Crippen LogP contribution in [0.3, 0.4) is 0 Å². The summed E-state index contributed by atoms with van der Waals surface area (Å²) in [5.74, 6) is 1.96. The van der Waals surface area contributed by atoms with E-state index in [1.54, 1.807) is 6.20 Å². The molecule has 1 unspecified atom stereocenters. The number of anilines is 2. The van der Waals surface area contributed by atoms with Gasteiger partial charge in [-0.3, -0.25) is 0 Å². The second-order valence-corrected chi connectivity index (χ2v) is 5.67. The summed E-state index contributed by atoms with van der Waals surface area (Å²) < 4.78 is 0. The van der Waals surface area contributed by atoms with E-state index in [1.165, 1.54) is 6.42 Å². The minimum absolute atomic E-state index is 0.249. The highest BCUT2D eigenvalue weighted by Gasteiger charge is 2.22. The van der Waals surface area contributed by atoms with Gasteiger partial charge in [0.1, 0.15) is 5.02 Å². The summed E-state index contributed by atoms with van der Waals surface area (Å²) in [5.41, 5.74) is 0. The molecule has 0 radical (unpaired) electrons. The highest BCUT2D eigenvalue weighted by molar-refractivity contribution is 6.32. The molecule has 0 aromatic carbocycles. The maximum atomic E-state index is 9.09. The van der Waals surface area contributed by atoms with Crippen molar-refractivity contribution >= 4 is 23.4 Å². The van der Waals surface area contributed by atoms with Crippen molar-refractivity contribution < 1.29 is 5.11 Å². The number of nitrogens with zero attached hydrogens (tertiary/aromatic N) is 3. The van der Waals surface area contributed by atoms with Gasteiger partial charge in [0.25, 0.3) is 0 Å². The molecule has 0 amide bonds. The van der Waals surface area contributed by atoms with Crippen molar-refractivity contribution in [2.24, 2.45) is 5.92 Å². The number of aliphatic hydroxyl groups excluding tert-OH is 1. The second kappa shape index (κ2) is 7.64. The first-order chi connectivity index (χ1) is 9.74. The van der Waals surface area contributed by atoms with Crippen molar-refractivity contribution in [2.75, 3.05) is 36.5 Å². The molecular formula is C14H23ClN4O. The molecule has 5 nitrogen and oxygen atoms in total. The third-order valence-electron chi connectivity index (χ3n) is 3.61. The lowest BCUT2D eigenvalue weighted by atomic mass is 9.95. The van der Waals surface area contributed by atoms with Crippen molar-refractivity contribution in [2.45, 2.75) is 32.6 Å². The molecule has 6 heteroatoms. The predicted octanol–water partition coefficient (Wildman–Crippen LogP) is 2.55. The van der Waals surface area contributed by atoms with E-state index in [2.05, 4.69) is 27.1 Å². The summed E-state index contributed by atoms with van der Waals surface area (Å²) >= 11 is 6.24. The first kappa shape index (κ1) is 15.3. The molecule has 0 spiro atoms. The molecule has 0 bridgehead atoms. The van der Waals surface area contributed by atoms with Gasteiger partial charge in [-0.05, 0) is 31.6 Å². The van der Waals surface area contributed by atoms with Crippen molar-refractivity contribution in [3.8, 4) is 0 Å². The number of hydrogen-bond donors (Lipinski definition) is 2. The van der Waals surface area contributed by atoms with Crippen LogP contribution in [-0.4, -0.2) is 41.3 Å². The van der Waals surface area contributed by atoms with E-state index in [-0.39, 0.29) is 6.61 Å². The summed E-state index contributed by atoms with van der Waals surface area (Å²) in [6.07, 6.45) is 5.82. The van der Waals surface area contributed by atoms with Gasteiger partial charge in [-0.2, -0.15) is 4.98 Å². The molecule has 1 aliphatic heterocycles. The maximum Gasteiger partial charge on any atom is 0.224 e. The number of rotatable bonds is 6. The van der Waals surface area contributed by atoms with E-state index >= 15 is 0 Å². The van der Waals surface area contributed by atoms with E-state index in [1.807, 2.05) is 0 Å². The lowest BCUT2D eigenvalue weighted by molar-refractivity contribution is 0.244. The molecule has 2 heterocycles. The smallest absolute Gasteiger partial charge is 0.224 e. The highest BCUT2D eigenvalue weighted by Crippen LogP contribution is 2.29. The summed E-state index contributed by atoms with van der Waals surface area (Å²) in [4.78, 5) is 11.0. The number of aromatic nitrogens is 2. The van der Waals surface area contributed by atoms with E-state index in [0.29, 0.717) is 16.9 Å². The topological polar surface area (TPSA) is 61.3 Å². The second-order valence-electron chi connectivity index (χ2n) is 5.26. The van der Waals surface area contributed by atoms with Crippen LogP contribution >= 0.6 is 11.6 Å². The van der Waals surface area contributed by atoms with Gasteiger partial charge in [-0.1, -0.05) is 18.5 Å². The molecule has 1 atom stereocenters. The molecule has 1 aromatic heterocycles. The first-order valence-electron chi connectivity index (χ1n) is 7.36. The van der Waals surface area contributed by atoms with Gasteiger partial charge in [-0.25, -0.2) is 4.98 Å². The fourth-order valence-corrected chi connectivity index (χ4v) is 2.79. The van der Waals surface area contributed by atoms with Crippen LogP contribution in [0.2, 0.25) is 5.02 Å². The number of aliphatic hydroxyl groups is 1. The van der Waals surface area contributed by atoms with Crippen LogP contribution in [0.1, 0.15) is 32.6 Å². The van der Waals surface area contributed by atoms with Gasteiger partial charge in [0.05, 0.1) is 6.20 Å². The van der Waals surface area contributed by atoms with Gasteiger partial charge in [0.15, 0.2) is 5.82 Å². The monoisotopic (exact) mass is 298 g/mol. The van der Waals surface area contributed by atoms with Crippen LogP contribution < -0.4 is 10.2 Å². The Kier molecular flexibility index (Phi) is 5.86. The lowest BCUT2D eigenvalue weighted by Crippen LogP contribution is -2.36. The van der Waals surface area contributed by atoms with E-state index in [9.17, 15) is 0 Å². The van der Waals surface area contributed by atoms with Crippen molar-refractivity contribution in [1.29, 1.82) is 0 Å². The Hall–Kier alpha value is -1.07. The average molecular weight is 299 g/mol. The molecule has 20 heavy (non-hydrogen) atoms. The predicted molar refractivity (Wildman–Crippen MR) is 82.5 cm³/mol. The molecule has 2 rings (SSSR count). The Morgan fingerprint density at radius 2 is 2.40 bits per heavy atom. The Bertz CT molecular complexity index is 428. The summed E-state index contributed by atoms with van der Waals surface area (Å²) in [5, 5.41) is 12.9. The third kappa shape index (κ3) is 3.96. The SMILES string of the molecule is CCCNc1ncc(Cl)c(N2CCCC(CCO)C2)n1. The normalized spacial score (nSPS) is 19.1.